The molecular formula is C15H15NO2. The predicted octanol–water partition coefficient (Wildman–Crippen LogP) is 3.36. The molecule has 92 valence electrons. The van der Waals surface area contributed by atoms with Gasteiger partial charge in [0.1, 0.15) is 17.8 Å². The van der Waals surface area contributed by atoms with Crippen LogP contribution in [0.25, 0.3) is 0 Å². The molecule has 0 amide bonds. The highest BCUT2D eigenvalue weighted by atomic mass is 16.5. The van der Waals surface area contributed by atoms with E-state index in [2.05, 4.69) is 0 Å². The Morgan fingerprint density at radius 1 is 0.889 bits per heavy atom. The van der Waals surface area contributed by atoms with Gasteiger partial charge in [0.05, 0.1) is 0 Å². The van der Waals surface area contributed by atoms with Crippen molar-refractivity contribution in [3.05, 3.63) is 54.1 Å². The lowest BCUT2D eigenvalue weighted by molar-refractivity contribution is 0.112. The number of anilines is 1. The normalized spacial score (nSPS) is 9.89. The third-order valence-corrected chi connectivity index (χ3v) is 2.61. The first-order valence-electron chi connectivity index (χ1n) is 5.69. The summed E-state index contributed by atoms with van der Waals surface area (Å²) in [6.45, 7) is 0. The molecule has 0 bridgehead atoms. The molecule has 0 aliphatic heterocycles. The van der Waals surface area contributed by atoms with Gasteiger partial charge in [0.25, 0.3) is 0 Å². The van der Waals surface area contributed by atoms with Gasteiger partial charge in [-0.3, -0.25) is 4.79 Å². The third kappa shape index (κ3) is 2.88. The topological polar surface area (TPSA) is 29.5 Å². The Kier molecular flexibility index (Phi) is 3.63. The van der Waals surface area contributed by atoms with Crippen LogP contribution in [0.1, 0.15) is 10.4 Å². The molecule has 0 radical (unpaired) electrons. The molecule has 3 nitrogen and oxygen atoms in total. The summed E-state index contributed by atoms with van der Waals surface area (Å²) in [5, 5.41) is 0. The molecule has 0 saturated heterocycles. The van der Waals surface area contributed by atoms with Crippen LogP contribution >= 0.6 is 0 Å². The maximum absolute atomic E-state index is 10.5. The van der Waals surface area contributed by atoms with Gasteiger partial charge in [-0.2, -0.15) is 0 Å². The molecular weight excluding hydrogens is 226 g/mol. The standard InChI is InChI=1S/C15H15NO2/c1-16(2)13-5-9-15(10-6-13)18-14-7-3-12(11-17)4-8-14/h3-11H,1-2H3. The Hall–Kier alpha value is -2.29. The average molecular weight is 241 g/mol. The van der Waals surface area contributed by atoms with Crippen LogP contribution in [0.4, 0.5) is 5.69 Å². The molecule has 18 heavy (non-hydrogen) atoms. The van der Waals surface area contributed by atoms with Gasteiger partial charge in [0.2, 0.25) is 0 Å². The number of carbonyl (C=O) groups is 1. The minimum atomic E-state index is 0.644. The lowest BCUT2D eigenvalue weighted by atomic mass is 10.2. The van der Waals surface area contributed by atoms with E-state index in [4.69, 9.17) is 4.74 Å². The lowest BCUT2D eigenvalue weighted by Gasteiger charge is -2.13. The summed E-state index contributed by atoms with van der Waals surface area (Å²) >= 11 is 0. The molecule has 0 heterocycles. The van der Waals surface area contributed by atoms with Gasteiger partial charge in [-0.15, -0.1) is 0 Å². The van der Waals surface area contributed by atoms with Gasteiger partial charge in [-0.05, 0) is 48.5 Å². The number of benzene rings is 2. The summed E-state index contributed by atoms with van der Waals surface area (Å²) < 4.78 is 5.68. The van der Waals surface area contributed by atoms with Gasteiger partial charge in [-0.25, -0.2) is 0 Å². The second kappa shape index (κ2) is 5.36. The zero-order chi connectivity index (χ0) is 13.0. The van der Waals surface area contributed by atoms with E-state index in [1.807, 2.05) is 43.3 Å². The van der Waals surface area contributed by atoms with Crippen molar-refractivity contribution in [2.24, 2.45) is 0 Å². The Balaban J connectivity index is 2.10. The Morgan fingerprint density at radius 3 is 1.83 bits per heavy atom. The van der Waals surface area contributed by atoms with Gasteiger partial charge in [0, 0.05) is 25.3 Å². The van der Waals surface area contributed by atoms with Crippen LogP contribution in [0.2, 0.25) is 0 Å². The van der Waals surface area contributed by atoms with Crippen LogP contribution in [0.3, 0.4) is 0 Å². The van der Waals surface area contributed by atoms with Crippen LogP contribution in [-0.4, -0.2) is 20.4 Å². The average Bonchev–Trinajstić information content (AvgIpc) is 2.40. The summed E-state index contributed by atoms with van der Waals surface area (Å²) in [7, 11) is 3.99. The number of hydrogen-bond acceptors (Lipinski definition) is 3. The molecule has 0 aliphatic rings. The highest BCUT2D eigenvalue weighted by Gasteiger charge is 1.99. The van der Waals surface area contributed by atoms with Crippen LogP contribution in [0, 0.1) is 0 Å². The Labute approximate surface area is 107 Å². The molecule has 0 N–H and O–H groups in total. The number of carbonyl (C=O) groups excluding carboxylic acids is 1. The van der Waals surface area contributed by atoms with Gasteiger partial charge in [0.15, 0.2) is 0 Å². The van der Waals surface area contributed by atoms with Crippen molar-refractivity contribution in [1.29, 1.82) is 0 Å². The van der Waals surface area contributed by atoms with Crippen molar-refractivity contribution in [3.8, 4) is 11.5 Å². The summed E-state index contributed by atoms with van der Waals surface area (Å²) in [5.41, 5.74) is 1.77. The smallest absolute Gasteiger partial charge is 0.150 e. The fourth-order valence-corrected chi connectivity index (χ4v) is 1.56. The summed E-state index contributed by atoms with van der Waals surface area (Å²) in [5.74, 6) is 1.50. The SMILES string of the molecule is CN(C)c1ccc(Oc2ccc(C=O)cc2)cc1. The van der Waals surface area contributed by atoms with E-state index < -0.39 is 0 Å². The monoisotopic (exact) mass is 241 g/mol. The van der Waals surface area contributed by atoms with Crippen molar-refractivity contribution >= 4 is 12.0 Å². The maximum atomic E-state index is 10.5. The van der Waals surface area contributed by atoms with Crippen LogP contribution in [-0.2, 0) is 0 Å². The minimum Gasteiger partial charge on any atom is -0.457 e. The van der Waals surface area contributed by atoms with Crippen molar-refractivity contribution < 1.29 is 9.53 Å². The second-order valence-electron chi connectivity index (χ2n) is 4.18. The first-order chi connectivity index (χ1) is 8.69. The molecule has 0 saturated carbocycles. The molecule has 0 unspecified atom stereocenters. The number of aldehydes is 1. The summed E-state index contributed by atoms with van der Waals surface area (Å²) in [4.78, 5) is 12.6. The van der Waals surface area contributed by atoms with E-state index >= 15 is 0 Å². The van der Waals surface area contributed by atoms with E-state index in [0.717, 1.165) is 23.5 Å². The van der Waals surface area contributed by atoms with Crippen molar-refractivity contribution in [1.82, 2.24) is 0 Å². The van der Waals surface area contributed by atoms with Crippen molar-refractivity contribution in [3.63, 3.8) is 0 Å². The van der Waals surface area contributed by atoms with E-state index in [9.17, 15) is 4.79 Å². The molecule has 3 heteroatoms. The van der Waals surface area contributed by atoms with Crippen molar-refractivity contribution in [2.75, 3.05) is 19.0 Å². The number of nitrogens with zero attached hydrogens (tertiary/aromatic N) is 1. The number of rotatable bonds is 4. The summed E-state index contributed by atoms with van der Waals surface area (Å²) in [6.07, 6.45) is 0.815. The first kappa shape index (κ1) is 12.2. The second-order valence-corrected chi connectivity index (χ2v) is 4.18. The van der Waals surface area contributed by atoms with Gasteiger partial charge in [-0.1, -0.05) is 0 Å². The van der Waals surface area contributed by atoms with Crippen LogP contribution in [0.15, 0.2) is 48.5 Å². The van der Waals surface area contributed by atoms with Crippen LogP contribution < -0.4 is 9.64 Å². The zero-order valence-corrected chi connectivity index (χ0v) is 10.5. The predicted molar refractivity (Wildman–Crippen MR) is 72.7 cm³/mol. The Bertz CT molecular complexity index is 515. The number of hydrogen-bond donors (Lipinski definition) is 0. The molecule has 0 aliphatic carbocycles. The lowest BCUT2D eigenvalue weighted by Crippen LogP contribution is -2.07. The van der Waals surface area contributed by atoms with E-state index in [1.54, 1.807) is 24.3 Å². The highest BCUT2D eigenvalue weighted by molar-refractivity contribution is 5.74. The molecule has 2 aromatic rings. The van der Waals surface area contributed by atoms with Crippen molar-refractivity contribution in [2.45, 2.75) is 0 Å². The summed E-state index contributed by atoms with van der Waals surface area (Å²) in [6, 6.07) is 14.9. The van der Waals surface area contributed by atoms with Gasteiger partial charge < -0.3 is 9.64 Å². The third-order valence-electron chi connectivity index (χ3n) is 2.61. The molecule has 0 spiro atoms. The van der Waals surface area contributed by atoms with Crippen LogP contribution in [0.5, 0.6) is 11.5 Å². The molecule has 0 atom stereocenters. The van der Waals surface area contributed by atoms with Gasteiger partial charge >= 0.3 is 0 Å². The fourth-order valence-electron chi connectivity index (χ4n) is 1.56. The van der Waals surface area contributed by atoms with E-state index in [-0.39, 0.29) is 0 Å². The molecule has 0 fully saturated rings. The quantitative estimate of drug-likeness (QED) is 0.769. The zero-order valence-electron chi connectivity index (χ0n) is 10.5. The molecule has 0 aromatic heterocycles. The fraction of sp³-hybridized carbons (Fsp3) is 0.133. The first-order valence-corrected chi connectivity index (χ1v) is 5.69. The molecule has 2 aromatic carbocycles. The minimum absolute atomic E-state index is 0.644. The Morgan fingerprint density at radius 2 is 1.39 bits per heavy atom. The van der Waals surface area contributed by atoms with E-state index in [1.165, 1.54) is 0 Å². The van der Waals surface area contributed by atoms with E-state index in [0.29, 0.717) is 5.56 Å². The molecule has 2 rings (SSSR count). The highest BCUT2D eigenvalue weighted by Crippen LogP contribution is 2.23. The number of ether oxygens (including phenoxy) is 1. The maximum Gasteiger partial charge on any atom is 0.150 e. The largest absolute Gasteiger partial charge is 0.457 e.